The Morgan fingerprint density at radius 2 is 1.55 bits per heavy atom. The van der Waals surface area contributed by atoms with Crippen LogP contribution in [0.5, 0.6) is 0 Å². The molecule has 0 saturated carbocycles. The molecule has 4 nitrogen and oxygen atoms in total. The standard InChI is InChI=1S/C23H14ClN3OS/c24-19-9-5-4-8-18(19)21-25-23-27(26-21)22(28)20(29-23)14-15-10-12-17(13-11-15)16-6-2-1-3-7-16/h1-14H/b20-14-. The summed E-state index contributed by atoms with van der Waals surface area (Å²) < 4.78 is 1.94. The maximum Gasteiger partial charge on any atom is 0.291 e. The van der Waals surface area contributed by atoms with E-state index in [1.54, 1.807) is 6.07 Å². The van der Waals surface area contributed by atoms with Crippen LogP contribution in [-0.4, -0.2) is 14.6 Å². The first kappa shape index (κ1) is 17.8. The van der Waals surface area contributed by atoms with E-state index in [-0.39, 0.29) is 5.56 Å². The van der Waals surface area contributed by atoms with Crippen molar-refractivity contribution >= 4 is 34.0 Å². The van der Waals surface area contributed by atoms with E-state index >= 15 is 0 Å². The van der Waals surface area contributed by atoms with Gasteiger partial charge in [-0.3, -0.25) is 4.79 Å². The first-order chi connectivity index (χ1) is 14.2. The molecule has 0 radical (unpaired) electrons. The van der Waals surface area contributed by atoms with Crippen LogP contribution in [-0.2, 0) is 0 Å². The molecular formula is C23H14ClN3OS. The highest BCUT2D eigenvalue weighted by Gasteiger charge is 2.13. The average molecular weight is 416 g/mol. The van der Waals surface area contributed by atoms with Crippen LogP contribution in [0.3, 0.4) is 0 Å². The summed E-state index contributed by atoms with van der Waals surface area (Å²) >= 11 is 7.54. The topological polar surface area (TPSA) is 47.3 Å². The SMILES string of the molecule is O=c1/c(=C/c2ccc(-c3ccccc3)cc2)sc2nc(-c3ccccc3Cl)nn12. The largest absolute Gasteiger partial charge is 0.291 e. The normalized spacial score (nSPS) is 12.0. The Morgan fingerprint density at radius 3 is 2.28 bits per heavy atom. The second-order valence-electron chi connectivity index (χ2n) is 6.51. The number of hydrogen-bond acceptors (Lipinski definition) is 4. The highest BCUT2D eigenvalue weighted by Crippen LogP contribution is 2.25. The predicted molar refractivity (Wildman–Crippen MR) is 118 cm³/mol. The van der Waals surface area contributed by atoms with Gasteiger partial charge in [0.25, 0.3) is 5.56 Å². The molecule has 0 aliphatic heterocycles. The first-order valence-corrected chi connectivity index (χ1v) is 10.2. The number of aromatic nitrogens is 3. The number of thiazole rings is 1. The van der Waals surface area contributed by atoms with E-state index in [1.165, 1.54) is 15.9 Å². The van der Waals surface area contributed by atoms with Crippen molar-refractivity contribution in [3.63, 3.8) is 0 Å². The Kier molecular flexibility index (Phi) is 4.46. The van der Waals surface area contributed by atoms with E-state index in [0.29, 0.717) is 25.9 Å². The van der Waals surface area contributed by atoms with Gasteiger partial charge in [-0.25, -0.2) is 0 Å². The van der Waals surface area contributed by atoms with Crippen LogP contribution in [0.1, 0.15) is 5.56 Å². The van der Waals surface area contributed by atoms with Gasteiger partial charge in [0.2, 0.25) is 4.96 Å². The summed E-state index contributed by atoms with van der Waals surface area (Å²) in [6, 6.07) is 25.6. The van der Waals surface area contributed by atoms with Gasteiger partial charge in [0, 0.05) is 5.56 Å². The highest BCUT2D eigenvalue weighted by molar-refractivity contribution is 7.15. The molecule has 0 N–H and O–H groups in total. The summed E-state index contributed by atoms with van der Waals surface area (Å²) in [6.45, 7) is 0. The molecule has 3 aromatic carbocycles. The zero-order valence-electron chi connectivity index (χ0n) is 15.1. The Morgan fingerprint density at radius 1 is 0.862 bits per heavy atom. The molecule has 0 bridgehead atoms. The summed E-state index contributed by atoms with van der Waals surface area (Å²) in [6.07, 6.45) is 1.87. The lowest BCUT2D eigenvalue weighted by atomic mass is 10.0. The van der Waals surface area contributed by atoms with E-state index in [1.807, 2.05) is 54.6 Å². The fraction of sp³-hybridized carbons (Fsp3) is 0. The van der Waals surface area contributed by atoms with Crippen LogP contribution >= 0.6 is 22.9 Å². The Hall–Kier alpha value is -3.28. The summed E-state index contributed by atoms with van der Waals surface area (Å²) in [7, 11) is 0. The number of benzene rings is 3. The maximum absolute atomic E-state index is 12.8. The number of hydrogen-bond donors (Lipinski definition) is 0. The monoisotopic (exact) mass is 415 g/mol. The van der Waals surface area contributed by atoms with Gasteiger partial charge >= 0.3 is 0 Å². The van der Waals surface area contributed by atoms with Crippen molar-refractivity contribution in [2.75, 3.05) is 0 Å². The minimum absolute atomic E-state index is 0.178. The lowest BCUT2D eigenvalue weighted by molar-refractivity contribution is 0.937. The molecule has 0 aliphatic rings. The maximum atomic E-state index is 12.8. The smallest absolute Gasteiger partial charge is 0.266 e. The van der Waals surface area contributed by atoms with Gasteiger partial charge in [-0.15, -0.1) is 5.10 Å². The number of halogens is 1. The minimum Gasteiger partial charge on any atom is -0.266 e. The quantitative estimate of drug-likeness (QED) is 0.429. The van der Waals surface area contributed by atoms with Gasteiger partial charge in [0.15, 0.2) is 5.82 Å². The van der Waals surface area contributed by atoms with Crippen molar-refractivity contribution < 1.29 is 0 Å². The third-order valence-electron chi connectivity index (χ3n) is 4.61. The van der Waals surface area contributed by atoms with Crippen LogP contribution < -0.4 is 10.1 Å². The van der Waals surface area contributed by atoms with Crippen LogP contribution in [0.25, 0.3) is 33.6 Å². The molecule has 2 heterocycles. The number of fused-ring (bicyclic) bond motifs is 1. The second kappa shape index (κ2) is 7.28. The molecule has 0 unspecified atom stereocenters. The molecular weight excluding hydrogens is 402 g/mol. The van der Waals surface area contributed by atoms with Crippen LogP contribution in [0, 0.1) is 0 Å². The Bertz CT molecular complexity index is 1420. The van der Waals surface area contributed by atoms with Crippen LogP contribution in [0.15, 0.2) is 83.7 Å². The molecule has 29 heavy (non-hydrogen) atoms. The Labute approximate surface area is 175 Å². The third-order valence-corrected chi connectivity index (χ3v) is 5.90. The van der Waals surface area contributed by atoms with Crippen molar-refractivity contribution in [2.24, 2.45) is 0 Å². The van der Waals surface area contributed by atoms with Crippen molar-refractivity contribution in [1.29, 1.82) is 0 Å². The zero-order valence-corrected chi connectivity index (χ0v) is 16.7. The lowest BCUT2D eigenvalue weighted by Crippen LogP contribution is -2.23. The predicted octanol–water partition coefficient (Wildman–Crippen LogP) is 4.69. The molecule has 0 aliphatic carbocycles. The number of rotatable bonds is 3. The van der Waals surface area contributed by atoms with Crippen molar-refractivity contribution in [2.45, 2.75) is 0 Å². The molecule has 0 amide bonds. The lowest BCUT2D eigenvalue weighted by Gasteiger charge is -2.01. The molecule has 5 rings (SSSR count). The van der Waals surface area contributed by atoms with E-state index in [2.05, 4.69) is 34.3 Å². The molecule has 0 fully saturated rings. The average Bonchev–Trinajstić information content (AvgIpc) is 3.29. The van der Waals surface area contributed by atoms with E-state index in [0.717, 1.165) is 16.7 Å². The third kappa shape index (κ3) is 3.35. The fourth-order valence-corrected chi connectivity index (χ4v) is 4.27. The zero-order chi connectivity index (χ0) is 19.8. The van der Waals surface area contributed by atoms with Gasteiger partial charge in [0.05, 0.1) is 9.55 Å². The molecule has 0 saturated heterocycles. The molecule has 140 valence electrons. The van der Waals surface area contributed by atoms with Gasteiger partial charge in [0.1, 0.15) is 0 Å². The van der Waals surface area contributed by atoms with Crippen LogP contribution in [0.2, 0.25) is 5.02 Å². The van der Waals surface area contributed by atoms with Gasteiger partial charge in [-0.05, 0) is 34.9 Å². The van der Waals surface area contributed by atoms with Crippen molar-refractivity contribution in [3.8, 4) is 22.5 Å². The van der Waals surface area contributed by atoms with Gasteiger partial charge in [-0.1, -0.05) is 89.7 Å². The summed E-state index contributed by atoms with van der Waals surface area (Å²) in [5.41, 5.74) is 3.79. The van der Waals surface area contributed by atoms with Crippen LogP contribution in [0.4, 0.5) is 0 Å². The molecule has 6 heteroatoms. The van der Waals surface area contributed by atoms with Gasteiger partial charge in [-0.2, -0.15) is 9.50 Å². The highest BCUT2D eigenvalue weighted by atomic mass is 35.5. The molecule has 0 spiro atoms. The van der Waals surface area contributed by atoms with Gasteiger partial charge < -0.3 is 0 Å². The summed E-state index contributed by atoms with van der Waals surface area (Å²) in [5.74, 6) is 0.456. The molecule has 5 aromatic rings. The van der Waals surface area contributed by atoms with E-state index in [9.17, 15) is 4.79 Å². The van der Waals surface area contributed by atoms with Crippen molar-refractivity contribution in [3.05, 3.63) is 104 Å². The minimum atomic E-state index is -0.178. The number of nitrogens with zero attached hydrogens (tertiary/aromatic N) is 3. The van der Waals surface area contributed by atoms with Crippen molar-refractivity contribution in [1.82, 2.24) is 14.6 Å². The van der Waals surface area contributed by atoms with E-state index < -0.39 is 0 Å². The van der Waals surface area contributed by atoms with E-state index in [4.69, 9.17) is 11.6 Å². The molecule has 2 aromatic heterocycles. The fourth-order valence-electron chi connectivity index (χ4n) is 3.14. The Balaban J connectivity index is 1.51. The first-order valence-electron chi connectivity index (χ1n) is 9.01. The second-order valence-corrected chi connectivity index (χ2v) is 7.93. The summed E-state index contributed by atoms with van der Waals surface area (Å²) in [4.78, 5) is 17.8. The molecule has 0 atom stereocenters. The summed E-state index contributed by atoms with van der Waals surface area (Å²) in [5, 5.41) is 4.92.